The molecule has 0 bridgehead atoms. The molecule has 148 valence electrons. The van der Waals surface area contributed by atoms with Gasteiger partial charge in [-0.1, -0.05) is 16.4 Å². The molecule has 2 rings (SSSR count). The van der Waals surface area contributed by atoms with Crippen molar-refractivity contribution in [3.63, 3.8) is 0 Å². The van der Waals surface area contributed by atoms with Crippen molar-refractivity contribution in [1.29, 1.82) is 0 Å². The van der Waals surface area contributed by atoms with Crippen LogP contribution in [-0.2, 0) is 11.3 Å². The van der Waals surface area contributed by atoms with E-state index in [0.717, 1.165) is 12.0 Å². The molecule has 0 amide bonds. The number of nitrogens with zero attached hydrogens (tertiary/aromatic N) is 2. The van der Waals surface area contributed by atoms with Crippen molar-refractivity contribution in [2.75, 3.05) is 33.9 Å². The Kier molecular flexibility index (Phi) is 8.56. The third-order valence-corrected chi connectivity index (χ3v) is 4.10. The van der Waals surface area contributed by atoms with Gasteiger partial charge in [0.25, 0.3) is 0 Å². The Labute approximate surface area is 166 Å². The van der Waals surface area contributed by atoms with E-state index in [1.165, 1.54) is 0 Å². The number of ether oxygens (including phenoxy) is 2. The standard InChI is InChI=1S/C18H24BrN3O5/c1-12(16-9-18(19)22-27-16)21-26-11-14(23)10-20-7-6-13-4-5-15(24-2)17(8-13)25-3/h4-5,8-9,14,20,23H,6-7,10-11H2,1-3H3/b21-12+. The number of methoxy groups -OCH3 is 2. The van der Waals surface area contributed by atoms with Crippen molar-refractivity contribution in [2.45, 2.75) is 19.4 Å². The van der Waals surface area contributed by atoms with Gasteiger partial charge in [0.1, 0.15) is 23.0 Å². The monoisotopic (exact) mass is 441 g/mol. The smallest absolute Gasteiger partial charge is 0.185 e. The minimum absolute atomic E-state index is 0.0794. The van der Waals surface area contributed by atoms with E-state index >= 15 is 0 Å². The fourth-order valence-electron chi connectivity index (χ4n) is 2.29. The molecule has 0 spiro atoms. The molecule has 1 aromatic carbocycles. The zero-order chi connectivity index (χ0) is 19.6. The van der Waals surface area contributed by atoms with Gasteiger partial charge in [-0.3, -0.25) is 0 Å². The maximum atomic E-state index is 9.95. The Morgan fingerprint density at radius 1 is 1.30 bits per heavy atom. The molecule has 0 fully saturated rings. The summed E-state index contributed by atoms with van der Waals surface area (Å²) in [6, 6.07) is 7.50. The molecular formula is C18H24BrN3O5. The molecule has 8 nitrogen and oxygen atoms in total. The van der Waals surface area contributed by atoms with Crippen LogP contribution in [0.3, 0.4) is 0 Å². The van der Waals surface area contributed by atoms with E-state index in [1.54, 1.807) is 27.2 Å². The van der Waals surface area contributed by atoms with Crippen molar-refractivity contribution < 1.29 is 23.9 Å². The lowest BCUT2D eigenvalue weighted by atomic mass is 10.1. The van der Waals surface area contributed by atoms with Crippen LogP contribution in [0.2, 0.25) is 0 Å². The number of aliphatic hydroxyl groups is 1. The molecule has 9 heteroatoms. The van der Waals surface area contributed by atoms with Crippen LogP contribution in [0, 0.1) is 0 Å². The van der Waals surface area contributed by atoms with Gasteiger partial charge in [0.15, 0.2) is 17.3 Å². The summed E-state index contributed by atoms with van der Waals surface area (Å²) >= 11 is 3.20. The molecular weight excluding hydrogens is 418 g/mol. The van der Waals surface area contributed by atoms with E-state index in [2.05, 4.69) is 31.6 Å². The average Bonchev–Trinajstić information content (AvgIpc) is 3.11. The van der Waals surface area contributed by atoms with Crippen LogP contribution in [0.1, 0.15) is 18.2 Å². The van der Waals surface area contributed by atoms with Gasteiger partial charge in [0.2, 0.25) is 0 Å². The van der Waals surface area contributed by atoms with Crippen molar-refractivity contribution in [3.8, 4) is 11.5 Å². The predicted molar refractivity (Wildman–Crippen MR) is 104 cm³/mol. The molecule has 27 heavy (non-hydrogen) atoms. The molecule has 0 aliphatic rings. The summed E-state index contributed by atoms with van der Waals surface area (Å²) in [7, 11) is 3.22. The lowest BCUT2D eigenvalue weighted by Crippen LogP contribution is -2.31. The second-order valence-corrected chi connectivity index (χ2v) is 6.60. The van der Waals surface area contributed by atoms with Crippen LogP contribution in [-0.4, -0.2) is 56.0 Å². The molecule has 0 saturated heterocycles. The zero-order valence-electron chi connectivity index (χ0n) is 15.6. The van der Waals surface area contributed by atoms with Gasteiger partial charge in [0, 0.05) is 12.6 Å². The number of aromatic nitrogens is 1. The van der Waals surface area contributed by atoms with Gasteiger partial charge < -0.3 is 29.3 Å². The Morgan fingerprint density at radius 3 is 2.74 bits per heavy atom. The molecule has 0 saturated carbocycles. The van der Waals surface area contributed by atoms with Gasteiger partial charge in [-0.25, -0.2) is 0 Å². The number of halogens is 1. The number of hydrogen-bond donors (Lipinski definition) is 2. The second kappa shape index (κ2) is 10.9. The Balaban J connectivity index is 1.66. The van der Waals surface area contributed by atoms with Crippen molar-refractivity contribution >= 4 is 21.6 Å². The van der Waals surface area contributed by atoms with E-state index in [9.17, 15) is 5.11 Å². The molecule has 1 atom stereocenters. The molecule has 0 aliphatic carbocycles. The summed E-state index contributed by atoms with van der Waals surface area (Å²) in [5.74, 6) is 1.91. The minimum atomic E-state index is -0.673. The highest BCUT2D eigenvalue weighted by Gasteiger charge is 2.08. The number of oxime groups is 1. The Morgan fingerprint density at radius 2 is 2.07 bits per heavy atom. The van der Waals surface area contributed by atoms with Gasteiger partial charge in [-0.15, -0.1) is 0 Å². The molecule has 1 aromatic heterocycles. The zero-order valence-corrected chi connectivity index (χ0v) is 17.2. The summed E-state index contributed by atoms with van der Waals surface area (Å²) in [5, 5.41) is 20.8. The first-order valence-corrected chi connectivity index (χ1v) is 9.21. The fourth-order valence-corrected chi connectivity index (χ4v) is 2.57. The van der Waals surface area contributed by atoms with E-state index in [0.29, 0.717) is 40.7 Å². The fraction of sp³-hybridized carbons (Fsp3) is 0.444. The van der Waals surface area contributed by atoms with Gasteiger partial charge in [0.05, 0.1) is 14.2 Å². The SMILES string of the molecule is COc1ccc(CCNCC(O)CO/N=C(\C)c2cc(Br)no2)cc1OC. The Hall–Kier alpha value is -2.10. The van der Waals surface area contributed by atoms with Crippen molar-refractivity contribution in [1.82, 2.24) is 10.5 Å². The second-order valence-electron chi connectivity index (χ2n) is 5.78. The Bertz CT molecular complexity index is 750. The van der Waals surface area contributed by atoms with E-state index in [4.69, 9.17) is 18.8 Å². The van der Waals surface area contributed by atoms with Crippen molar-refractivity contribution in [2.24, 2.45) is 5.16 Å². The number of aliphatic hydroxyl groups excluding tert-OH is 1. The topological polar surface area (TPSA) is 98.3 Å². The van der Waals surface area contributed by atoms with Crippen LogP contribution in [0.5, 0.6) is 11.5 Å². The van der Waals surface area contributed by atoms with Crippen molar-refractivity contribution in [3.05, 3.63) is 40.2 Å². The number of benzene rings is 1. The average molecular weight is 442 g/mol. The molecule has 1 heterocycles. The highest BCUT2D eigenvalue weighted by atomic mass is 79.9. The third-order valence-electron chi connectivity index (χ3n) is 3.72. The van der Waals surface area contributed by atoms with Crippen LogP contribution < -0.4 is 14.8 Å². The normalized spacial score (nSPS) is 12.7. The van der Waals surface area contributed by atoms with E-state index in [-0.39, 0.29) is 6.61 Å². The van der Waals surface area contributed by atoms with E-state index < -0.39 is 6.10 Å². The highest BCUT2D eigenvalue weighted by molar-refractivity contribution is 9.10. The van der Waals surface area contributed by atoms with Gasteiger partial charge in [-0.05, 0) is 53.5 Å². The van der Waals surface area contributed by atoms with E-state index in [1.807, 2.05) is 18.2 Å². The minimum Gasteiger partial charge on any atom is -0.493 e. The first-order valence-electron chi connectivity index (χ1n) is 8.42. The lowest BCUT2D eigenvalue weighted by molar-refractivity contribution is 0.0403. The van der Waals surface area contributed by atoms with Gasteiger partial charge >= 0.3 is 0 Å². The number of rotatable bonds is 11. The first kappa shape index (κ1) is 21.2. The summed E-state index contributed by atoms with van der Waals surface area (Å²) in [5.41, 5.74) is 1.66. The maximum Gasteiger partial charge on any atom is 0.185 e. The molecule has 2 aromatic rings. The molecule has 2 N–H and O–H groups in total. The summed E-state index contributed by atoms with van der Waals surface area (Å²) in [6.07, 6.45) is 0.124. The first-order chi connectivity index (χ1) is 13.0. The lowest BCUT2D eigenvalue weighted by Gasteiger charge is -2.12. The largest absolute Gasteiger partial charge is 0.493 e. The summed E-state index contributed by atoms with van der Waals surface area (Å²) in [6.45, 7) is 2.92. The predicted octanol–water partition coefficient (Wildman–Crippen LogP) is 2.39. The van der Waals surface area contributed by atoms with Crippen LogP contribution in [0.25, 0.3) is 0 Å². The van der Waals surface area contributed by atoms with Crippen LogP contribution in [0.15, 0.2) is 38.5 Å². The molecule has 0 aliphatic heterocycles. The highest BCUT2D eigenvalue weighted by Crippen LogP contribution is 2.27. The maximum absolute atomic E-state index is 9.95. The van der Waals surface area contributed by atoms with Crippen LogP contribution >= 0.6 is 15.9 Å². The van der Waals surface area contributed by atoms with Crippen LogP contribution in [0.4, 0.5) is 0 Å². The third kappa shape index (κ3) is 6.85. The summed E-state index contributed by atoms with van der Waals surface area (Å²) in [4.78, 5) is 5.16. The number of hydrogen-bond acceptors (Lipinski definition) is 8. The molecule has 0 radical (unpaired) electrons. The molecule has 1 unspecified atom stereocenters. The quantitative estimate of drug-likeness (QED) is 0.313. The summed E-state index contributed by atoms with van der Waals surface area (Å²) < 4.78 is 16.1. The van der Waals surface area contributed by atoms with Gasteiger partial charge in [-0.2, -0.15) is 0 Å². The number of nitrogens with one attached hydrogen (secondary N) is 1.